The Bertz CT molecular complexity index is 188. The number of nitrogens with one attached hydrogen (secondary N) is 2. The first-order valence-corrected chi connectivity index (χ1v) is 5.96. The summed E-state index contributed by atoms with van der Waals surface area (Å²) in [5, 5.41) is 5.11. The van der Waals surface area contributed by atoms with Crippen LogP contribution in [0.1, 0.15) is 39.5 Å². The molecule has 1 aliphatic rings. The SMILES string of the molecule is CC(C)NC(=O)CCNN1CCCCC1. The van der Waals surface area contributed by atoms with Gasteiger partial charge >= 0.3 is 0 Å². The highest BCUT2D eigenvalue weighted by atomic mass is 16.1. The lowest BCUT2D eigenvalue weighted by atomic mass is 10.2. The number of carbonyl (C=O) groups is 1. The van der Waals surface area contributed by atoms with Crippen LogP contribution in [0, 0.1) is 0 Å². The third kappa shape index (κ3) is 5.74. The molecule has 0 saturated carbocycles. The first-order valence-electron chi connectivity index (χ1n) is 5.96. The number of amides is 1. The van der Waals surface area contributed by atoms with E-state index < -0.39 is 0 Å². The minimum Gasteiger partial charge on any atom is -0.354 e. The molecule has 0 aromatic heterocycles. The van der Waals surface area contributed by atoms with Crippen LogP contribution in [-0.2, 0) is 4.79 Å². The molecule has 1 aliphatic heterocycles. The molecule has 1 saturated heterocycles. The van der Waals surface area contributed by atoms with E-state index in [0.29, 0.717) is 6.42 Å². The van der Waals surface area contributed by atoms with Gasteiger partial charge in [0.05, 0.1) is 0 Å². The Morgan fingerprint density at radius 1 is 1.27 bits per heavy atom. The van der Waals surface area contributed by atoms with Gasteiger partial charge in [-0.1, -0.05) is 6.42 Å². The van der Waals surface area contributed by atoms with E-state index in [1.807, 2.05) is 13.8 Å². The van der Waals surface area contributed by atoms with Crippen molar-refractivity contribution in [2.24, 2.45) is 0 Å². The zero-order chi connectivity index (χ0) is 11.1. The molecule has 1 amide bonds. The monoisotopic (exact) mass is 213 g/mol. The number of carbonyl (C=O) groups excluding carboxylic acids is 1. The molecule has 0 bridgehead atoms. The predicted molar refractivity (Wildman–Crippen MR) is 61.3 cm³/mol. The standard InChI is InChI=1S/C11H23N3O/c1-10(2)13-11(15)6-7-12-14-8-4-3-5-9-14/h10,12H,3-9H2,1-2H3,(H,13,15). The Morgan fingerprint density at radius 2 is 1.93 bits per heavy atom. The van der Waals surface area contributed by atoms with Crippen molar-refractivity contribution < 1.29 is 4.79 Å². The first kappa shape index (κ1) is 12.5. The molecule has 0 aromatic rings. The fourth-order valence-corrected chi connectivity index (χ4v) is 1.77. The zero-order valence-electron chi connectivity index (χ0n) is 9.88. The summed E-state index contributed by atoms with van der Waals surface area (Å²) in [6.07, 6.45) is 4.44. The number of hydrazine groups is 1. The van der Waals surface area contributed by atoms with Crippen LogP contribution in [0.15, 0.2) is 0 Å². The molecule has 0 radical (unpaired) electrons. The second-order valence-electron chi connectivity index (χ2n) is 4.43. The summed E-state index contributed by atoms with van der Waals surface area (Å²) in [4.78, 5) is 11.3. The zero-order valence-corrected chi connectivity index (χ0v) is 9.88. The molecule has 4 heteroatoms. The van der Waals surface area contributed by atoms with Crippen LogP contribution < -0.4 is 10.7 Å². The lowest BCUT2D eigenvalue weighted by Crippen LogP contribution is -2.43. The van der Waals surface area contributed by atoms with Gasteiger partial charge in [0.2, 0.25) is 5.91 Å². The van der Waals surface area contributed by atoms with E-state index in [1.54, 1.807) is 0 Å². The molecule has 1 heterocycles. The van der Waals surface area contributed by atoms with Gasteiger partial charge in [-0.3, -0.25) is 10.2 Å². The first-order chi connectivity index (χ1) is 7.18. The molecule has 4 nitrogen and oxygen atoms in total. The summed E-state index contributed by atoms with van der Waals surface area (Å²) in [5.74, 6) is 0.134. The third-order valence-corrected chi connectivity index (χ3v) is 2.49. The van der Waals surface area contributed by atoms with Gasteiger partial charge in [-0.2, -0.15) is 0 Å². The van der Waals surface area contributed by atoms with Gasteiger partial charge in [0.1, 0.15) is 0 Å². The van der Waals surface area contributed by atoms with Gasteiger partial charge in [-0.25, -0.2) is 5.01 Å². The number of hydrogen-bond donors (Lipinski definition) is 2. The quantitative estimate of drug-likeness (QED) is 0.713. The van der Waals surface area contributed by atoms with E-state index in [2.05, 4.69) is 15.8 Å². The summed E-state index contributed by atoms with van der Waals surface area (Å²) in [7, 11) is 0. The van der Waals surface area contributed by atoms with E-state index in [-0.39, 0.29) is 11.9 Å². The highest BCUT2D eigenvalue weighted by molar-refractivity contribution is 5.76. The maximum absolute atomic E-state index is 11.3. The minimum atomic E-state index is 0.134. The summed E-state index contributed by atoms with van der Waals surface area (Å²) in [6, 6.07) is 0.243. The van der Waals surface area contributed by atoms with Gasteiger partial charge in [0.25, 0.3) is 0 Å². The molecule has 2 N–H and O–H groups in total. The highest BCUT2D eigenvalue weighted by Crippen LogP contribution is 2.05. The van der Waals surface area contributed by atoms with Crippen molar-refractivity contribution in [1.82, 2.24) is 15.8 Å². The molecule has 0 unspecified atom stereocenters. The molecular formula is C11H23N3O. The van der Waals surface area contributed by atoms with E-state index in [9.17, 15) is 4.79 Å². The number of nitrogens with zero attached hydrogens (tertiary/aromatic N) is 1. The third-order valence-electron chi connectivity index (χ3n) is 2.49. The van der Waals surface area contributed by atoms with E-state index in [4.69, 9.17) is 0 Å². The van der Waals surface area contributed by atoms with Crippen LogP contribution in [0.3, 0.4) is 0 Å². The molecule has 0 aromatic carbocycles. The molecule has 1 rings (SSSR count). The largest absolute Gasteiger partial charge is 0.354 e. The Balaban J connectivity index is 2.02. The van der Waals surface area contributed by atoms with Crippen molar-refractivity contribution in [3.05, 3.63) is 0 Å². The highest BCUT2D eigenvalue weighted by Gasteiger charge is 2.09. The number of piperidine rings is 1. The van der Waals surface area contributed by atoms with Crippen molar-refractivity contribution in [2.75, 3.05) is 19.6 Å². The van der Waals surface area contributed by atoms with Gasteiger partial charge in [0, 0.05) is 32.1 Å². The fourth-order valence-electron chi connectivity index (χ4n) is 1.77. The topological polar surface area (TPSA) is 44.4 Å². The van der Waals surface area contributed by atoms with Crippen LogP contribution in [0.2, 0.25) is 0 Å². The maximum Gasteiger partial charge on any atom is 0.221 e. The van der Waals surface area contributed by atoms with Crippen molar-refractivity contribution in [2.45, 2.75) is 45.6 Å². The second-order valence-corrected chi connectivity index (χ2v) is 4.43. The lowest BCUT2D eigenvalue weighted by Gasteiger charge is -2.27. The average Bonchev–Trinajstić information content (AvgIpc) is 2.18. The van der Waals surface area contributed by atoms with Gasteiger partial charge in [-0.05, 0) is 26.7 Å². The van der Waals surface area contributed by atoms with E-state index >= 15 is 0 Å². The van der Waals surface area contributed by atoms with Gasteiger partial charge in [0.15, 0.2) is 0 Å². The van der Waals surface area contributed by atoms with Gasteiger partial charge < -0.3 is 5.32 Å². The van der Waals surface area contributed by atoms with E-state index in [1.165, 1.54) is 19.3 Å². The Kier molecular flexibility index (Phi) is 5.65. The van der Waals surface area contributed by atoms with E-state index in [0.717, 1.165) is 19.6 Å². The van der Waals surface area contributed by atoms with Crippen molar-refractivity contribution in [3.8, 4) is 0 Å². The summed E-state index contributed by atoms with van der Waals surface area (Å²) in [5.41, 5.74) is 3.30. The molecule has 0 atom stereocenters. The van der Waals surface area contributed by atoms with Crippen LogP contribution in [0.5, 0.6) is 0 Å². The Labute approximate surface area is 92.4 Å². The molecule has 88 valence electrons. The molecule has 0 spiro atoms. The number of rotatable bonds is 5. The van der Waals surface area contributed by atoms with Crippen molar-refractivity contribution in [1.29, 1.82) is 0 Å². The molecule has 15 heavy (non-hydrogen) atoms. The minimum absolute atomic E-state index is 0.134. The second kappa shape index (κ2) is 6.80. The van der Waals surface area contributed by atoms with Gasteiger partial charge in [-0.15, -0.1) is 0 Å². The predicted octanol–water partition coefficient (Wildman–Crippen LogP) is 0.892. The smallest absolute Gasteiger partial charge is 0.221 e. The number of hydrogen-bond acceptors (Lipinski definition) is 3. The van der Waals surface area contributed by atoms with Crippen LogP contribution >= 0.6 is 0 Å². The Hall–Kier alpha value is -0.610. The Morgan fingerprint density at radius 3 is 2.53 bits per heavy atom. The van der Waals surface area contributed by atoms with Crippen LogP contribution in [-0.4, -0.2) is 36.6 Å². The average molecular weight is 213 g/mol. The van der Waals surface area contributed by atoms with Crippen LogP contribution in [0.25, 0.3) is 0 Å². The lowest BCUT2D eigenvalue weighted by molar-refractivity contribution is -0.121. The summed E-state index contributed by atoms with van der Waals surface area (Å²) < 4.78 is 0. The van der Waals surface area contributed by atoms with Crippen molar-refractivity contribution >= 4 is 5.91 Å². The fraction of sp³-hybridized carbons (Fsp3) is 0.909. The van der Waals surface area contributed by atoms with Crippen LogP contribution in [0.4, 0.5) is 0 Å². The molecule has 1 fully saturated rings. The molecular weight excluding hydrogens is 190 g/mol. The van der Waals surface area contributed by atoms with Crippen molar-refractivity contribution in [3.63, 3.8) is 0 Å². The molecule has 0 aliphatic carbocycles. The summed E-state index contributed by atoms with van der Waals surface area (Å²) >= 11 is 0. The maximum atomic E-state index is 11.3. The summed E-state index contributed by atoms with van der Waals surface area (Å²) in [6.45, 7) is 6.95. The normalized spacial score (nSPS) is 18.1.